The topological polar surface area (TPSA) is 84.7 Å². The van der Waals surface area contributed by atoms with E-state index in [2.05, 4.69) is 6.07 Å². The molecule has 130 valence electrons. The highest BCUT2D eigenvalue weighted by Gasteiger charge is 2.55. The summed E-state index contributed by atoms with van der Waals surface area (Å²) in [5, 5.41) is 9.09. The normalized spacial score (nSPS) is 27.1. The number of rotatable bonds is 5. The molecule has 0 aliphatic carbocycles. The second-order valence-electron chi connectivity index (χ2n) is 6.60. The molecule has 2 fully saturated rings. The van der Waals surface area contributed by atoms with Gasteiger partial charge in [-0.25, -0.2) is 8.42 Å². The Morgan fingerprint density at radius 1 is 1.30 bits per heavy atom. The Balaban J connectivity index is 2.31. The summed E-state index contributed by atoms with van der Waals surface area (Å²) in [6, 6.07) is 2.19. The number of amides is 1. The van der Waals surface area contributed by atoms with E-state index < -0.39 is 15.6 Å². The van der Waals surface area contributed by atoms with Gasteiger partial charge in [0.15, 0.2) is 0 Å². The Bertz CT molecular complexity index is 598. The summed E-state index contributed by atoms with van der Waals surface area (Å²) in [5.41, 5.74) is -0.876. The van der Waals surface area contributed by atoms with Crippen LogP contribution in [0.5, 0.6) is 0 Å². The number of piperazine rings is 1. The molecule has 0 radical (unpaired) electrons. The van der Waals surface area contributed by atoms with Crippen LogP contribution in [0.2, 0.25) is 0 Å². The van der Waals surface area contributed by atoms with E-state index in [0.29, 0.717) is 32.5 Å². The van der Waals surface area contributed by atoms with Crippen LogP contribution in [-0.2, 0) is 14.8 Å². The molecule has 7 nitrogen and oxygen atoms in total. The Morgan fingerprint density at radius 2 is 2.00 bits per heavy atom. The Kier molecular flexibility index (Phi) is 5.33. The maximum Gasteiger partial charge on any atom is 0.244 e. The van der Waals surface area contributed by atoms with Crippen LogP contribution in [-0.4, -0.2) is 78.5 Å². The van der Waals surface area contributed by atoms with Gasteiger partial charge >= 0.3 is 0 Å². The molecule has 1 amide bonds. The molecular weight excluding hydrogens is 316 g/mol. The molecule has 0 saturated carbocycles. The van der Waals surface area contributed by atoms with Crippen molar-refractivity contribution in [3.8, 4) is 6.07 Å². The van der Waals surface area contributed by atoms with Crippen molar-refractivity contribution in [3.05, 3.63) is 0 Å². The third kappa shape index (κ3) is 3.23. The van der Waals surface area contributed by atoms with Gasteiger partial charge < -0.3 is 4.90 Å². The zero-order valence-corrected chi connectivity index (χ0v) is 15.0. The smallest absolute Gasteiger partial charge is 0.244 e. The molecule has 23 heavy (non-hydrogen) atoms. The minimum absolute atomic E-state index is 0.0387. The van der Waals surface area contributed by atoms with Crippen LogP contribution >= 0.6 is 0 Å². The van der Waals surface area contributed by atoms with E-state index >= 15 is 0 Å². The van der Waals surface area contributed by atoms with Crippen LogP contribution < -0.4 is 0 Å². The molecule has 0 bridgehead atoms. The number of hydrogen-bond acceptors (Lipinski definition) is 5. The number of sulfonamides is 1. The molecule has 0 N–H and O–H groups in total. The van der Waals surface area contributed by atoms with Crippen molar-refractivity contribution in [1.82, 2.24) is 14.1 Å². The highest BCUT2D eigenvalue weighted by atomic mass is 32.2. The standard InChI is InChI=1S/C15H26N4O3S/c1-4-11-23(21,22)18-7-5-15(12-18)14(20)19(13(2)3)10-9-17(15)8-6-16/h13H,4-5,7-12H2,1-3H3. The van der Waals surface area contributed by atoms with Gasteiger partial charge in [-0.3, -0.25) is 9.69 Å². The fourth-order valence-corrected chi connectivity index (χ4v) is 5.13. The predicted molar refractivity (Wildman–Crippen MR) is 87.0 cm³/mol. The summed E-state index contributed by atoms with van der Waals surface area (Å²) in [6.45, 7) is 7.62. The maximum atomic E-state index is 13.1. The molecule has 0 aromatic heterocycles. The van der Waals surface area contributed by atoms with Gasteiger partial charge in [0, 0.05) is 32.2 Å². The van der Waals surface area contributed by atoms with Crippen molar-refractivity contribution >= 4 is 15.9 Å². The molecule has 1 atom stereocenters. The maximum absolute atomic E-state index is 13.1. The summed E-state index contributed by atoms with van der Waals surface area (Å²) < 4.78 is 26.2. The first-order chi connectivity index (χ1) is 10.8. The van der Waals surface area contributed by atoms with Gasteiger partial charge in [0.1, 0.15) is 5.54 Å². The van der Waals surface area contributed by atoms with Crippen molar-refractivity contribution in [1.29, 1.82) is 5.26 Å². The second-order valence-corrected chi connectivity index (χ2v) is 8.69. The van der Waals surface area contributed by atoms with E-state index in [-0.39, 0.29) is 30.8 Å². The molecule has 0 aromatic carbocycles. The highest BCUT2D eigenvalue weighted by Crippen LogP contribution is 2.35. The zero-order valence-electron chi connectivity index (χ0n) is 14.2. The lowest BCUT2D eigenvalue weighted by Crippen LogP contribution is -2.68. The van der Waals surface area contributed by atoms with Crippen molar-refractivity contribution in [2.45, 2.75) is 45.2 Å². The first kappa shape index (κ1) is 18.2. The number of carbonyl (C=O) groups is 1. The zero-order chi connectivity index (χ0) is 17.3. The minimum Gasteiger partial charge on any atom is -0.337 e. The van der Waals surface area contributed by atoms with Crippen molar-refractivity contribution in [2.24, 2.45) is 0 Å². The van der Waals surface area contributed by atoms with E-state index in [0.717, 1.165) is 0 Å². The first-order valence-electron chi connectivity index (χ1n) is 8.19. The van der Waals surface area contributed by atoms with Gasteiger partial charge in [0.2, 0.25) is 15.9 Å². The van der Waals surface area contributed by atoms with E-state index in [1.54, 1.807) is 0 Å². The summed E-state index contributed by atoms with van der Waals surface area (Å²) in [6.07, 6.45) is 1.01. The first-order valence-corrected chi connectivity index (χ1v) is 9.80. The summed E-state index contributed by atoms with van der Waals surface area (Å²) in [5.74, 6) is 0.0619. The highest BCUT2D eigenvalue weighted by molar-refractivity contribution is 7.89. The van der Waals surface area contributed by atoms with Gasteiger partial charge in [-0.2, -0.15) is 9.57 Å². The van der Waals surface area contributed by atoms with Gasteiger partial charge in [0.25, 0.3) is 0 Å². The summed E-state index contributed by atoms with van der Waals surface area (Å²) >= 11 is 0. The lowest BCUT2D eigenvalue weighted by atomic mass is 9.90. The largest absolute Gasteiger partial charge is 0.337 e. The fourth-order valence-electron chi connectivity index (χ4n) is 3.57. The summed E-state index contributed by atoms with van der Waals surface area (Å²) in [4.78, 5) is 16.7. The Morgan fingerprint density at radius 3 is 2.57 bits per heavy atom. The molecule has 8 heteroatoms. The van der Waals surface area contributed by atoms with Crippen molar-refractivity contribution in [3.63, 3.8) is 0 Å². The lowest BCUT2D eigenvalue weighted by Gasteiger charge is -2.48. The molecule has 2 rings (SSSR count). The molecule has 1 unspecified atom stereocenters. The van der Waals surface area contributed by atoms with Crippen molar-refractivity contribution < 1.29 is 13.2 Å². The molecule has 2 aliphatic rings. The van der Waals surface area contributed by atoms with Gasteiger partial charge in [-0.1, -0.05) is 6.92 Å². The molecule has 2 saturated heterocycles. The molecule has 0 aromatic rings. The fraction of sp³-hybridized carbons (Fsp3) is 0.867. The SMILES string of the molecule is CCCS(=O)(=O)N1CCC2(C1)C(=O)N(C(C)C)CCN2CC#N. The molecular formula is C15H26N4O3S. The van der Waals surface area contributed by atoms with Gasteiger partial charge in [-0.15, -0.1) is 0 Å². The van der Waals surface area contributed by atoms with Gasteiger partial charge in [0.05, 0.1) is 18.4 Å². The Hall–Kier alpha value is -1.17. The van der Waals surface area contributed by atoms with Crippen LogP contribution in [0.25, 0.3) is 0 Å². The minimum atomic E-state index is -3.33. The average molecular weight is 342 g/mol. The van der Waals surface area contributed by atoms with Crippen LogP contribution in [0.15, 0.2) is 0 Å². The molecule has 1 spiro atoms. The molecule has 2 heterocycles. The summed E-state index contributed by atoms with van der Waals surface area (Å²) in [7, 11) is -3.33. The van der Waals surface area contributed by atoms with E-state index in [1.807, 2.05) is 30.6 Å². The lowest BCUT2D eigenvalue weighted by molar-refractivity contribution is -0.151. The second kappa shape index (κ2) is 6.75. The number of nitriles is 1. The predicted octanol–water partition coefficient (Wildman–Crippen LogP) is 0.247. The third-order valence-corrected chi connectivity index (χ3v) is 6.85. The number of carbonyl (C=O) groups excluding carboxylic acids is 1. The van der Waals surface area contributed by atoms with Crippen LogP contribution in [0.3, 0.4) is 0 Å². The monoisotopic (exact) mass is 342 g/mol. The molecule has 2 aliphatic heterocycles. The third-order valence-electron chi connectivity index (χ3n) is 4.83. The average Bonchev–Trinajstić information content (AvgIpc) is 2.91. The Labute approximate surface area is 138 Å². The van der Waals surface area contributed by atoms with E-state index in [9.17, 15) is 13.2 Å². The van der Waals surface area contributed by atoms with Crippen molar-refractivity contribution in [2.75, 3.05) is 38.5 Å². The number of nitrogens with zero attached hydrogens (tertiary/aromatic N) is 4. The van der Waals surface area contributed by atoms with Gasteiger partial charge in [-0.05, 0) is 26.7 Å². The van der Waals surface area contributed by atoms with Crippen LogP contribution in [0.4, 0.5) is 0 Å². The quantitative estimate of drug-likeness (QED) is 0.669. The van der Waals surface area contributed by atoms with Crippen LogP contribution in [0, 0.1) is 11.3 Å². The van der Waals surface area contributed by atoms with E-state index in [4.69, 9.17) is 5.26 Å². The van der Waals surface area contributed by atoms with E-state index in [1.165, 1.54) is 4.31 Å². The number of hydrogen-bond donors (Lipinski definition) is 0. The van der Waals surface area contributed by atoms with Crippen LogP contribution in [0.1, 0.15) is 33.6 Å².